The van der Waals surface area contributed by atoms with E-state index in [0.717, 1.165) is 34.3 Å². The van der Waals surface area contributed by atoms with Crippen molar-refractivity contribution in [1.82, 2.24) is 25.5 Å². The SMILES string of the molecule is CN/C=C(\C(N)=C1C=CNC(OCCN(C)C)=C1)c1cnc2ccc(N=C(N)C=C(C=N)C(C)C)nc2c1. The Morgan fingerprint density at radius 3 is 2.74 bits per heavy atom. The summed E-state index contributed by atoms with van der Waals surface area (Å²) in [7, 11) is 5.81. The highest BCUT2D eigenvalue weighted by Crippen LogP contribution is 2.26. The first-order valence-electron chi connectivity index (χ1n) is 12.3. The largest absolute Gasteiger partial charge is 0.478 e. The maximum absolute atomic E-state index is 7.56. The molecule has 0 saturated heterocycles. The quantitative estimate of drug-likeness (QED) is 0.226. The van der Waals surface area contributed by atoms with Gasteiger partial charge in [0.15, 0.2) is 11.7 Å². The van der Waals surface area contributed by atoms with Gasteiger partial charge < -0.3 is 37.1 Å². The molecular formula is C28H37N9O. The van der Waals surface area contributed by atoms with Crippen LogP contribution in [0.3, 0.4) is 0 Å². The first-order valence-corrected chi connectivity index (χ1v) is 12.3. The van der Waals surface area contributed by atoms with Crippen molar-refractivity contribution in [2.75, 3.05) is 34.3 Å². The molecule has 38 heavy (non-hydrogen) atoms. The number of hydrogen-bond donors (Lipinski definition) is 5. The minimum absolute atomic E-state index is 0.167. The summed E-state index contributed by atoms with van der Waals surface area (Å²) < 4.78 is 5.84. The van der Waals surface area contributed by atoms with E-state index in [4.69, 9.17) is 21.6 Å². The maximum Gasteiger partial charge on any atom is 0.191 e. The minimum atomic E-state index is 0.167. The van der Waals surface area contributed by atoms with Gasteiger partial charge in [-0.3, -0.25) is 4.98 Å². The molecule has 0 aromatic carbocycles. The van der Waals surface area contributed by atoms with E-state index in [1.54, 1.807) is 24.5 Å². The van der Waals surface area contributed by atoms with Gasteiger partial charge in [0, 0.05) is 66.9 Å². The van der Waals surface area contributed by atoms with Crippen LogP contribution in [0.25, 0.3) is 16.6 Å². The highest BCUT2D eigenvalue weighted by molar-refractivity contribution is 5.98. The lowest BCUT2D eigenvalue weighted by Gasteiger charge is -2.18. The Morgan fingerprint density at radius 1 is 1.26 bits per heavy atom. The van der Waals surface area contributed by atoms with Gasteiger partial charge >= 0.3 is 0 Å². The second kappa shape index (κ2) is 13.2. The highest BCUT2D eigenvalue weighted by Gasteiger charge is 2.14. The van der Waals surface area contributed by atoms with Crippen LogP contribution in [0, 0.1) is 11.3 Å². The van der Waals surface area contributed by atoms with Gasteiger partial charge in [0.05, 0.1) is 11.0 Å². The third-order valence-electron chi connectivity index (χ3n) is 5.69. The van der Waals surface area contributed by atoms with E-state index in [0.29, 0.717) is 29.5 Å². The van der Waals surface area contributed by atoms with E-state index in [1.807, 2.05) is 65.5 Å². The first kappa shape index (κ1) is 28.1. The van der Waals surface area contributed by atoms with Crippen LogP contribution < -0.4 is 22.1 Å². The summed E-state index contributed by atoms with van der Waals surface area (Å²) in [6.07, 6.45) is 12.2. The van der Waals surface area contributed by atoms with Crippen LogP contribution in [-0.4, -0.2) is 61.2 Å². The molecule has 3 heterocycles. The molecule has 7 N–H and O–H groups in total. The number of nitrogens with zero attached hydrogens (tertiary/aromatic N) is 4. The zero-order valence-electron chi connectivity index (χ0n) is 22.6. The Morgan fingerprint density at radius 2 is 2.05 bits per heavy atom. The number of fused-ring (bicyclic) bond motifs is 1. The van der Waals surface area contributed by atoms with Crippen LogP contribution in [0.2, 0.25) is 0 Å². The van der Waals surface area contributed by atoms with E-state index in [2.05, 4.69) is 30.5 Å². The normalized spacial score (nSPS) is 16.0. The molecule has 2 aromatic rings. The van der Waals surface area contributed by atoms with Gasteiger partial charge in [-0.15, -0.1) is 0 Å². The molecule has 0 radical (unpaired) electrons. The molecule has 200 valence electrons. The molecule has 3 rings (SSSR count). The monoisotopic (exact) mass is 515 g/mol. The standard InChI is InChI=1S/C28H37N9O/c1-18(2)20(15-29)13-25(30)36-26-7-6-23-24(35-26)12-21(16-34-23)22(17-32-3)28(31)19-8-9-33-27(14-19)38-11-10-37(4)5/h6-9,12-18,29,32-33H,10-11,31H2,1-5H3,(H2,30,35,36)/b20-13?,22-17-,28-19?,29-15?. The molecule has 0 amide bonds. The topological polar surface area (TPSA) is 151 Å². The third kappa shape index (κ3) is 7.53. The summed E-state index contributed by atoms with van der Waals surface area (Å²) in [6.45, 7) is 5.35. The molecule has 10 nitrogen and oxygen atoms in total. The molecule has 0 unspecified atom stereocenters. The van der Waals surface area contributed by atoms with Crippen molar-refractivity contribution in [2.45, 2.75) is 13.8 Å². The lowest BCUT2D eigenvalue weighted by Crippen LogP contribution is -2.21. The van der Waals surface area contributed by atoms with E-state index < -0.39 is 0 Å². The fourth-order valence-corrected chi connectivity index (χ4v) is 3.57. The smallest absolute Gasteiger partial charge is 0.191 e. The van der Waals surface area contributed by atoms with Gasteiger partial charge in [-0.1, -0.05) is 13.8 Å². The Bertz CT molecular complexity index is 1350. The number of dihydropyridines is 1. The molecule has 0 fully saturated rings. The fraction of sp³-hybridized carbons (Fsp3) is 0.286. The van der Waals surface area contributed by atoms with Crippen molar-refractivity contribution < 1.29 is 4.74 Å². The summed E-state index contributed by atoms with van der Waals surface area (Å²) in [4.78, 5) is 15.7. The number of nitrogens with one attached hydrogen (secondary N) is 3. The van der Waals surface area contributed by atoms with Gasteiger partial charge in [-0.05, 0) is 55.9 Å². The van der Waals surface area contributed by atoms with Crippen molar-refractivity contribution >= 4 is 34.5 Å². The van der Waals surface area contributed by atoms with Crippen LogP contribution in [-0.2, 0) is 4.74 Å². The molecule has 0 spiro atoms. The predicted octanol–water partition coefficient (Wildman–Crippen LogP) is 3.16. The first-order chi connectivity index (χ1) is 18.2. The molecular weight excluding hydrogens is 478 g/mol. The number of aliphatic imine (C=N–C) groups is 1. The lowest BCUT2D eigenvalue weighted by molar-refractivity contribution is 0.171. The van der Waals surface area contributed by atoms with Crippen LogP contribution in [0.1, 0.15) is 19.4 Å². The minimum Gasteiger partial charge on any atom is -0.478 e. The average Bonchev–Trinajstić information content (AvgIpc) is 2.89. The lowest BCUT2D eigenvalue weighted by atomic mass is 10.00. The number of pyridine rings is 2. The maximum atomic E-state index is 7.56. The summed E-state index contributed by atoms with van der Waals surface area (Å²) in [5.41, 5.74) is 17.8. The molecule has 0 saturated carbocycles. The number of hydrogen-bond acceptors (Lipinski definition) is 9. The van der Waals surface area contributed by atoms with Gasteiger partial charge in [0.25, 0.3) is 0 Å². The van der Waals surface area contributed by atoms with E-state index in [-0.39, 0.29) is 11.8 Å². The molecule has 1 aliphatic rings. The Hall–Kier alpha value is -4.44. The molecule has 2 aromatic heterocycles. The van der Waals surface area contributed by atoms with Crippen molar-refractivity contribution in [3.63, 3.8) is 0 Å². The second-order valence-electron chi connectivity index (χ2n) is 9.27. The Kier molecular flexibility index (Phi) is 9.78. The van der Waals surface area contributed by atoms with Crippen molar-refractivity contribution in [3.8, 4) is 0 Å². The fourth-order valence-electron chi connectivity index (χ4n) is 3.57. The highest BCUT2D eigenvalue weighted by atomic mass is 16.5. The number of rotatable bonds is 11. The number of likely N-dealkylation sites (N-methyl/N-ethyl adjacent to an activating group) is 1. The number of ether oxygens (including phenoxy) is 1. The Labute approximate surface area is 224 Å². The van der Waals surface area contributed by atoms with Gasteiger partial charge in [-0.25, -0.2) is 9.98 Å². The van der Waals surface area contributed by atoms with E-state index in [1.165, 1.54) is 6.21 Å². The van der Waals surface area contributed by atoms with Crippen LogP contribution in [0.4, 0.5) is 5.82 Å². The Balaban J connectivity index is 1.95. The van der Waals surface area contributed by atoms with Crippen LogP contribution >= 0.6 is 0 Å². The number of nitrogens with two attached hydrogens (primary N) is 2. The summed E-state index contributed by atoms with van der Waals surface area (Å²) in [6, 6.07) is 5.53. The van der Waals surface area contributed by atoms with Gasteiger partial charge in [-0.2, -0.15) is 0 Å². The summed E-state index contributed by atoms with van der Waals surface area (Å²) in [5, 5.41) is 13.7. The zero-order chi connectivity index (χ0) is 27.7. The molecule has 0 aliphatic carbocycles. The zero-order valence-corrected chi connectivity index (χ0v) is 22.6. The predicted molar refractivity (Wildman–Crippen MR) is 156 cm³/mol. The van der Waals surface area contributed by atoms with Crippen molar-refractivity contribution in [2.24, 2.45) is 22.4 Å². The summed E-state index contributed by atoms with van der Waals surface area (Å²) in [5.74, 6) is 1.53. The molecule has 0 atom stereocenters. The number of aromatic nitrogens is 2. The van der Waals surface area contributed by atoms with Crippen LogP contribution in [0.5, 0.6) is 0 Å². The van der Waals surface area contributed by atoms with Crippen molar-refractivity contribution in [1.29, 1.82) is 5.41 Å². The van der Waals surface area contributed by atoms with Crippen molar-refractivity contribution in [3.05, 3.63) is 83.3 Å². The van der Waals surface area contributed by atoms with Crippen LogP contribution in [0.15, 0.2) is 82.7 Å². The van der Waals surface area contributed by atoms with Gasteiger partial charge in [0.2, 0.25) is 0 Å². The average molecular weight is 516 g/mol. The molecule has 0 bridgehead atoms. The van der Waals surface area contributed by atoms with E-state index in [9.17, 15) is 0 Å². The number of allylic oxidation sites excluding steroid dienone is 5. The van der Waals surface area contributed by atoms with Gasteiger partial charge in [0.1, 0.15) is 12.4 Å². The summed E-state index contributed by atoms with van der Waals surface area (Å²) >= 11 is 0. The number of amidine groups is 1. The molecule has 10 heteroatoms. The van der Waals surface area contributed by atoms with E-state index >= 15 is 0 Å². The second-order valence-corrected chi connectivity index (χ2v) is 9.27. The molecule has 1 aliphatic heterocycles. The third-order valence-corrected chi connectivity index (χ3v) is 5.69.